The molecule has 17 heavy (non-hydrogen) atoms. The first-order valence-electron chi connectivity index (χ1n) is 5.56. The monoisotopic (exact) mass is 230 g/mol. The molecular formula is C13H14N2O2. The number of hydrogen-bond donors (Lipinski definition) is 1. The summed E-state index contributed by atoms with van der Waals surface area (Å²) in [5.41, 5.74) is 2.17. The molecule has 0 saturated carbocycles. The number of rotatable bonds is 5. The van der Waals surface area contributed by atoms with Crippen LogP contribution < -0.4 is 0 Å². The molecule has 88 valence electrons. The highest BCUT2D eigenvalue weighted by Crippen LogP contribution is 2.10. The first kappa shape index (κ1) is 11.4. The Labute approximate surface area is 99.5 Å². The van der Waals surface area contributed by atoms with Gasteiger partial charge in [-0.15, -0.1) is 0 Å². The van der Waals surface area contributed by atoms with Crippen molar-refractivity contribution >= 4 is 5.97 Å². The van der Waals surface area contributed by atoms with Gasteiger partial charge in [0.15, 0.2) is 0 Å². The van der Waals surface area contributed by atoms with E-state index in [1.807, 2.05) is 36.5 Å². The predicted molar refractivity (Wildman–Crippen MR) is 64.1 cm³/mol. The highest BCUT2D eigenvalue weighted by atomic mass is 16.4. The number of aromatic nitrogens is 2. The van der Waals surface area contributed by atoms with E-state index in [4.69, 9.17) is 5.11 Å². The summed E-state index contributed by atoms with van der Waals surface area (Å²) < 4.78 is 1.79. The van der Waals surface area contributed by atoms with E-state index in [2.05, 4.69) is 5.10 Å². The van der Waals surface area contributed by atoms with Crippen molar-refractivity contribution in [3.05, 3.63) is 48.3 Å². The SMILES string of the molecule is O=C(O)CCCc1ccc(-n2cccn2)cc1. The summed E-state index contributed by atoms with van der Waals surface area (Å²) >= 11 is 0. The van der Waals surface area contributed by atoms with Gasteiger partial charge in [0.05, 0.1) is 5.69 Å². The Morgan fingerprint density at radius 1 is 1.29 bits per heavy atom. The van der Waals surface area contributed by atoms with E-state index in [0.29, 0.717) is 6.42 Å². The summed E-state index contributed by atoms with van der Waals surface area (Å²) in [6.07, 6.45) is 5.32. The number of nitrogens with zero attached hydrogens (tertiary/aromatic N) is 2. The molecule has 0 radical (unpaired) electrons. The van der Waals surface area contributed by atoms with Gasteiger partial charge in [-0.1, -0.05) is 12.1 Å². The van der Waals surface area contributed by atoms with E-state index in [-0.39, 0.29) is 6.42 Å². The molecule has 1 heterocycles. The largest absolute Gasteiger partial charge is 0.481 e. The van der Waals surface area contributed by atoms with Crippen LogP contribution in [0.4, 0.5) is 0 Å². The fraction of sp³-hybridized carbons (Fsp3) is 0.231. The average Bonchev–Trinajstić information content (AvgIpc) is 2.83. The smallest absolute Gasteiger partial charge is 0.303 e. The maximum atomic E-state index is 10.4. The van der Waals surface area contributed by atoms with Gasteiger partial charge in [-0.05, 0) is 36.6 Å². The third-order valence-corrected chi connectivity index (χ3v) is 2.56. The standard InChI is InChI=1S/C13H14N2O2/c16-13(17)4-1-3-11-5-7-12(8-6-11)15-10-2-9-14-15/h2,5-10H,1,3-4H2,(H,16,17). The molecule has 0 amide bonds. The summed E-state index contributed by atoms with van der Waals surface area (Å²) in [5, 5.41) is 12.7. The lowest BCUT2D eigenvalue weighted by molar-refractivity contribution is -0.137. The second kappa shape index (κ2) is 5.30. The number of carboxylic acids is 1. The number of aryl methyl sites for hydroxylation is 1. The number of carbonyl (C=O) groups is 1. The van der Waals surface area contributed by atoms with Crippen LogP contribution in [0.15, 0.2) is 42.7 Å². The van der Waals surface area contributed by atoms with Crippen LogP contribution in [0.5, 0.6) is 0 Å². The van der Waals surface area contributed by atoms with Crippen molar-refractivity contribution in [3.8, 4) is 5.69 Å². The maximum Gasteiger partial charge on any atom is 0.303 e. The normalized spacial score (nSPS) is 10.4. The zero-order valence-electron chi connectivity index (χ0n) is 9.41. The molecule has 0 spiro atoms. The molecule has 0 saturated heterocycles. The highest BCUT2D eigenvalue weighted by Gasteiger charge is 1.99. The van der Waals surface area contributed by atoms with Crippen LogP contribution in [0.25, 0.3) is 5.69 Å². The van der Waals surface area contributed by atoms with Crippen LogP contribution in [0.2, 0.25) is 0 Å². The fourth-order valence-electron chi connectivity index (χ4n) is 1.68. The van der Waals surface area contributed by atoms with Crippen molar-refractivity contribution in [3.63, 3.8) is 0 Å². The van der Waals surface area contributed by atoms with E-state index in [0.717, 1.165) is 17.7 Å². The predicted octanol–water partition coefficient (Wildman–Crippen LogP) is 2.28. The minimum absolute atomic E-state index is 0.223. The molecule has 1 N–H and O–H groups in total. The van der Waals surface area contributed by atoms with Crippen molar-refractivity contribution in [1.82, 2.24) is 9.78 Å². The molecule has 0 aliphatic rings. The fourth-order valence-corrected chi connectivity index (χ4v) is 1.68. The van der Waals surface area contributed by atoms with Crippen LogP contribution in [-0.2, 0) is 11.2 Å². The Balaban J connectivity index is 1.96. The van der Waals surface area contributed by atoms with Crippen LogP contribution in [0.3, 0.4) is 0 Å². The van der Waals surface area contributed by atoms with Crippen molar-refractivity contribution < 1.29 is 9.90 Å². The highest BCUT2D eigenvalue weighted by molar-refractivity contribution is 5.66. The van der Waals surface area contributed by atoms with E-state index in [1.54, 1.807) is 10.9 Å². The Bertz CT molecular complexity index is 475. The minimum Gasteiger partial charge on any atom is -0.481 e. The molecule has 2 aromatic rings. The first-order chi connectivity index (χ1) is 8.25. The Morgan fingerprint density at radius 2 is 2.06 bits per heavy atom. The number of carboxylic acid groups (broad SMARTS) is 1. The molecule has 0 unspecified atom stereocenters. The lowest BCUT2D eigenvalue weighted by Gasteiger charge is -2.03. The number of hydrogen-bond acceptors (Lipinski definition) is 2. The third kappa shape index (κ3) is 3.17. The zero-order chi connectivity index (χ0) is 12.1. The topological polar surface area (TPSA) is 55.1 Å². The van der Waals surface area contributed by atoms with Gasteiger partial charge < -0.3 is 5.11 Å². The Hall–Kier alpha value is -2.10. The number of aliphatic carboxylic acids is 1. The Kier molecular flexibility index (Phi) is 3.55. The lowest BCUT2D eigenvalue weighted by atomic mass is 10.1. The molecule has 0 aliphatic heterocycles. The average molecular weight is 230 g/mol. The van der Waals surface area contributed by atoms with Gasteiger partial charge in [-0.2, -0.15) is 5.10 Å². The molecule has 1 aromatic heterocycles. The molecule has 1 aromatic carbocycles. The second-order valence-electron chi connectivity index (χ2n) is 3.86. The van der Waals surface area contributed by atoms with E-state index < -0.39 is 5.97 Å². The van der Waals surface area contributed by atoms with Gasteiger partial charge in [0.1, 0.15) is 0 Å². The van der Waals surface area contributed by atoms with Gasteiger partial charge in [0, 0.05) is 18.8 Å². The van der Waals surface area contributed by atoms with Gasteiger partial charge >= 0.3 is 5.97 Å². The maximum absolute atomic E-state index is 10.4. The summed E-state index contributed by atoms with van der Waals surface area (Å²) in [6, 6.07) is 9.88. The van der Waals surface area contributed by atoms with Crippen LogP contribution >= 0.6 is 0 Å². The van der Waals surface area contributed by atoms with Gasteiger partial charge in [0.2, 0.25) is 0 Å². The molecular weight excluding hydrogens is 216 g/mol. The number of benzene rings is 1. The van der Waals surface area contributed by atoms with E-state index >= 15 is 0 Å². The van der Waals surface area contributed by atoms with Gasteiger partial charge in [-0.3, -0.25) is 4.79 Å². The van der Waals surface area contributed by atoms with E-state index in [9.17, 15) is 4.79 Å². The molecule has 0 fully saturated rings. The summed E-state index contributed by atoms with van der Waals surface area (Å²) in [6.45, 7) is 0. The minimum atomic E-state index is -0.738. The van der Waals surface area contributed by atoms with Gasteiger partial charge in [0.25, 0.3) is 0 Å². The quantitative estimate of drug-likeness (QED) is 0.857. The van der Waals surface area contributed by atoms with Crippen molar-refractivity contribution in [1.29, 1.82) is 0 Å². The lowest BCUT2D eigenvalue weighted by Crippen LogP contribution is -1.97. The third-order valence-electron chi connectivity index (χ3n) is 2.56. The van der Waals surface area contributed by atoms with Crippen molar-refractivity contribution in [2.45, 2.75) is 19.3 Å². The second-order valence-corrected chi connectivity index (χ2v) is 3.86. The molecule has 0 atom stereocenters. The van der Waals surface area contributed by atoms with Crippen LogP contribution in [-0.4, -0.2) is 20.9 Å². The molecule has 2 rings (SSSR count). The van der Waals surface area contributed by atoms with Crippen molar-refractivity contribution in [2.24, 2.45) is 0 Å². The summed E-state index contributed by atoms with van der Waals surface area (Å²) in [4.78, 5) is 10.4. The molecule has 4 nitrogen and oxygen atoms in total. The van der Waals surface area contributed by atoms with E-state index in [1.165, 1.54) is 0 Å². The van der Waals surface area contributed by atoms with Gasteiger partial charge in [-0.25, -0.2) is 4.68 Å². The summed E-state index contributed by atoms with van der Waals surface area (Å²) in [7, 11) is 0. The summed E-state index contributed by atoms with van der Waals surface area (Å²) in [5.74, 6) is -0.738. The zero-order valence-corrected chi connectivity index (χ0v) is 9.41. The first-order valence-corrected chi connectivity index (χ1v) is 5.56. The molecule has 4 heteroatoms. The molecule has 0 bridgehead atoms. The Morgan fingerprint density at radius 3 is 2.65 bits per heavy atom. The molecule has 0 aliphatic carbocycles. The van der Waals surface area contributed by atoms with Crippen molar-refractivity contribution in [2.75, 3.05) is 0 Å². The van der Waals surface area contributed by atoms with Crippen LogP contribution in [0.1, 0.15) is 18.4 Å². The van der Waals surface area contributed by atoms with Crippen LogP contribution in [0, 0.1) is 0 Å².